The van der Waals surface area contributed by atoms with Gasteiger partial charge in [-0.15, -0.1) is 20.4 Å². The SMILES string of the molecule is COc1cccc(CC(=O)Nc2nnc(C3CCCC(c4nnc(NC(C)=O)s4)C3)s2)c1. The van der Waals surface area contributed by atoms with Crippen LogP contribution in [0.3, 0.4) is 0 Å². The van der Waals surface area contributed by atoms with E-state index in [0.717, 1.165) is 47.0 Å². The summed E-state index contributed by atoms with van der Waals surface area (Å²) in [7, 11) is 1.60. The van der Waals surface area contributed by atoms with Crippen LogP contribution in [0.2, 0.25) is 0 Å². The van der Waals surface area contributed by atoms with Crippen molar-refractivity contribution in [2.24, 2.45) is 0 Å². The molecule has 1 saturated carbocycles. The molecule has 0 bridgehead atoms. The van der Waals surface area contributed by atoms with Gasteiger partial charge in [0.2, 0.25) is 22.1 Å². The molecule has 32 heavy (non-hydrogen) atoms. The molecule has 1 aliphatic carbocycles. The third-order valence-electron chi connectivity index (χ3n) is 5.28. The Labute approximate surface area is 193 Å². The summed E-state index contributed by atoms with van der Waals surface area (Å²) in [6.07, 6.45) is 4.27. The maximum Gasteiger partial charge on any atom is 0.230 e. The number of anilines is 2. The van der Waals surface area contributed by atoms with Crippen LogP contribution in [0.5, 0.6) is 5.75 Å². The number of amides is 2. The van der Waals surface area contributed by atoms with Gasteiger partial charge in [0.25, 0.3) is 0 Å². The summed E-state index contributed by atoms with van der Waals surface area (Å²) in [5.41, 5.74) is 0.873. The standard InChI is InChI=1S/C21H24N6O3S2/c1-12(28)22-20-26-24-18(31-20)14-6-4-7-15(11-14)19-25-27-21(32-19)23-17(29)10-13-5-3-8-16(9-13)30-2/h3,5,8-9,14-15H,4,6-7,10-11H2,1-2H3,(H,22,26,28)(H,23,27,29). The zero-order valence-electron chi connectivity index (χ0n) is 17.8. The number of hydrogen-bond donors (Lipinski definition) is 2. The van der Waals surface area contributed by atoms with Gasteiger partial charge in [-0.1, -0.05) is 41.2 Å². The third kappa shape index (κ3) is 5.65. The lowest BCUT2D eigenvalue weighted by Crippen LogP contribution is -2.14. The van der Waals surface area contributed by atoms with Crippen molar-refractivity contribution in [3.8, 4) is 5.75 Å². The molecule has 1 aliphatic rings. The van der Waals surface area contributed by atoms with Gasteiger partial charge < -0.3 is 15.4 Å². The summed E-state index contributed by atoms with van der Waals surface area (Å²) in [6.45, 7) is 1.46. The van der Waals surface area contributed by atoms with Crippen molar-refractivity contribution < 1.29 is 14.3 Å². The minimum absolute atomic E-state index is 0.137. The van der Waals surface area contributed by atoms with E-state index < -0.39 is 0 Å². The molecule has 0 spiro atoms. The second-order valence-electron chi connectivity index (χ2n) is 7.71. The fourth-order valence-corrected chi connectivity index (χ4v) is 5.66. The van der Waals surface area contributed by atoms with Gasteiger partial charge in [0.15, 0.2) is 0 Å². The molecule has 0 radical (unpaired) electrons. The van der Waals surface area contributed by atoms with E-state index in [1.807, 2.05) is 24.3 Å². The molecule has 2 aromatic heterocycles. The normalized spacial score (nSPS) is 18.2. The number of aromatic nitrogens is 4. The van der Waals surface area contributed by atoms with Crippen LogP contribution in [-0.2, 0) is 16.0 Å². The highest BCUT2D eigenvalue weighted by molar-refractivity contribution is 7.15. The largest absolute Gasteiger partial charge is 0.497 e. The number of methoxy groups -OCH3 is 1. The number of carbonyl (C=O) groups is 2. The third-order valence-corrected chi connectivity index (χ3v) is 7.28. The van der Waals surface area contributed by atoms with E-state index in [0.29, 0.717) is 10.3 Å². The van der Waals surface area contributed by atoms with Gasteiger partial charge in [-0.05, 0) is 37.0 Å². The van der Waals surface area contributed by atoms with Crippen LogP contribution in [0.25, 0.3) is 0 Å². The maximum atomic E-state index is 12.4. The van der Waals surface area contributed by atoms with Crippen LogP contribution in [0.15, 0.2) is 24.3 Å². The Morgan fingerprint density at radius 3 is 2.31 bits per heavy atom. The number of ether oxygens (including phenoxy) is 1. The Bertz CT molecular complexity index is 1100. The van der Waals surface area contributed by atoms with E-state index in [2.05, 4.69) is 31.0 Å². The summed E-state index contributed by atoms with van der Waals surface area (Å²) in [5.74, 6) is 0.984. The van der Waals surface area contributed by atoms with Gasteiger partial charge in [0.1, 0.15) is 15.8 Å². The zero-order valence-corrected chi connectivity index (χ0v) is 19.5. The number of carbonyl (C=O) groups excluding carboxylic acids is 2. The molecule has 2 unspecified atom stereocenters. The number of nitrogens with one attached hydrogen (secondary N) is 2. The Morgan fingerprint density at radius 1 is 1.03 bits per heavy atom. The molecule has 1 aromatic carbocycles. The van der Waals surface area contributed by atoms with Crippen molar-refractivity contribution in [1.82, 2.24) is 20.4 Å². The van der Waals surface area contributed by atoms with Crippen molar-refractivity contribution in [2.75, 3.05) is 17.7 Å². The molecule has 2 heterocycles. The molecule has 3 aromatic rings. The minimum atomic E-state index is -0.149. The lowest BCUT2D eigenvalue weighted by atomic mass is 9.82. The highest BCUT2D eigenvalue weighted by Gasteiger charge is 2.29. The van der Waals surface area contributed by atoms with E-state index in [9.17, 15) is 9.59 Å². The smallest absolute Gasteiger partial charge is 0.230 e. The number of rotatable bonds is 7. The van der Waals surface area contributed by atoms with Crippen LogP contribution >= 0.6 is 22.7 Å². The highest BCUT2D eigenvalue weighted by Crippen LogP contribution is 2.43. The van der Waals surface area contributed by atoms with Crippen LogP contribution in [-0.4, -0.2) is 39.3 Å². The molecule has 9 nitrogen and oxygen atoms in total. The van der Waals surface area contributed by atoms with Crippen molar-refractivity contribution in [2.45, 2.75) is 50.9 Å². The van der Waals surface area contributed by atoms with Crippen molar-refractivity contribution in [3.63, 3.8) is 0 Å². The number of benzene rings is 1. The quantitative estimate of drug-likeness (QED) is 0.534. The van der Waals surface area contributed by atoms with Crippen LogP contribution < -0.4 is 15.4 Å². The second kappa shape index (κ2) is 10.1. The average Bonchev–Trinajstić information content (AvgIpc) is 3.43. The highest BCUT2D eigenvalue weighted by atomic mass is 32.1. The molecule has 0 saturated heterocycles. The zero-order chi connectivity index (χ0) is 22.5. The van der Waals surface area contributed by atoms with Gasteiger partial charge >= 0.3 is 0 Å². The summed E-state index contributed by atoms with van der Waals surface area (Å²) in [6, 6.07) is 7.44. The molecule has 2 amide bonds. The fourth-order valence-electron chi connectivity index (χ4n) is 3.82. The van der Waals surface area contributed by atoms with Crippen molar-refractivity contribution in [3.05, 3.63) is 39.8 Å². The molecule has 168 valence electrons. The summed E-state index contributed by atoms with van der Waals surface area (Å²) >= 11 is 2.86. The van der Waals surface area contributed by atoms with E-state index >= 15 is 0 Å². The minimum Gasteiger partial charge on any atom is -0.497 e. The van der Waals surface area contributed by atoms with Gasteiger partial charge in [0, 0.05) is 18.8 Å². The van der Waals surface area contributed by atoms with E-state index in [-0.39, 0.29) is 30.1 Å². The lowest BCUT2D eigenvalue weighted by molar-refractivity contribution is -0.116. The van der Waals surface area contributed by atoms with Crippen LogP contribution in [0.1, 0.15) is 60.0 Å². The van der Waals surface area contributed by atoms with E-state index in [4.69, 9.17) is 4.74 Å². The van der Waals surface area contributed by atoms with E-state index in [1.165, 1.54) is 29.6 Å². The second-order valence-corrected chi connectivity index (χ2v) is 9.73. The fraction of sp³-hybridized carbons (Fsp3) is 0.429. The predicted molar refractivity (Wildman–Crippen MR) is 123 cm³/mol. The summed E-state index contributed by atoms with van der Waals surface area (Å²) in [5, 5.41) is 25.3. The maximum absolute atomic E-state index is 12.4. The van der Waals surface area contributed by atoms with Crippen molar-refractivity contribution >= 4 is 44.8 Å². The van der Waals surface area contributed by atoms with Crippen molar-refractivity contribution in [1.29, 1.82) is 0 Å². The lowest BCUT2D eigenvalue weighted by Gasteiger charge is -2.25. The van der Waals surface area contributed by atoms with Gasteiger partial charge in [-0.2, -0.15) is 0 Å². The Kier molecular flexibility index (Phi) is 7.05. The Hall–Kier alpha value is -2.92. The molecule has 1 fully saturated rings. The van der Waals surface area contributed by atoms with Gasteiger partial charge in [-0.25, -0.2) is 0 Å². The summed E-state index contributed by atoms with van der Waals surface area (Å²) < 4.78 is 5.21. The summed E-state index contributed by atoms with van der Waals surface area (Å²) in [4.78, 5) is 23.7. The first kappa shape index (κ1) is 22.3. The number of hydrogen-bond acceptors (Lipinski definition) is 9. The monoisotopic (exact) mass is 472 g/mol. The van der Waals surface area contributed by atoms with E-state index in [1.54, 1.807) is 7.11 Å². The van der Waals surface area contributed by atoms with Gasteiger partial charge in [-0.3, -0.25) is 9.59 Å². The predicted octanol–water partition coefficient (Wildman–Crippen LogP) is 3.98. The van der Waals surface area contributed by atoms with Gasteiger partial charge in [0.05, 0.1) is 13.5 Å². The topological polar surface area (TPSA) is 119 Å². The first-order valence-electron chi connectivity index (χ1n) is 10.4. The molecule has 2 atom stereocenters. The first-order valence-corrected chi connectivity index (χ1v) is 12.0. The average molecular weight is 473 g/mol. The molecule has 4 rings (SSSR count). The molecule has 0 aliphatic heterocycles. The molecule has 11 heteroatoms. The number of nitrogens with zero attached hydrogens (tertiary/aromatic N) is 4. The Balaban J connectivity index is 1.35. The van der Waals surface area contributed by atoms with Crippen LogP contribution in [0.4, 0.5) is 10.3 Å². The molecular weight excluding hydrogens is 448 g/mol. The first-order chi connectivity index (χ1) is 15.5. The molecular formula is C21H24N6O3S2. The molecule has 2 N–H and O–H groups in total. The van der Waals surface area contributed by atoms with Crippen LogP contribution in [0, 0.1) is 0 Å². The Morgan fingerprint density at radius 2 is 1.69 bits per heavy atom.